The minimum absolute atomic E-state index is 0.0689. The summed E-state index contributed by atoms with van der Waals surface area (Å²) in [5.41, 5.74) is 3.30. The lowest BCUT2D eigenvalue weighted by molar-refractivity contribution is 0.0635. The highest BCUT2D eigenvalue weighted by molar-refractivity contribution is 5.97. The van der Waals surface area contributed by atoms with Gasteiger partial charge in [0.25, 0.3) is 5.91 Å². The lowest BCUT2D eigenvalue weighted by Crippen LogP contribution is -2.42. The van der Waals surface area contributed by atoms with Crippen LogP contribution in [0.5, 0.6) is 5.75 Å². The van der Waals surface area contributed by atoms with Crippen molar-refractivity contribution in [3.05, 3.63) is 42.1 Å². The van der Waals surface area contributed by atoms with Gasteiger partial charge in [-0.3, -0.25) is 4.79 Å². The number of amides is 1. The number of fused-ring (bicyclic) bond motifs is 1. The Labute approximate surface area is 214 Å². The first kappa shape index (κ1) is 24.8. The molecule has 0 bridgehead atoms. The number of ether oxygens (including phenoxy) is 1. The quantitative estimate of drug-likeness (QED) is 0.377. The molecular weight excluding hydrogens is 450 g/mol. The molecule has 5 rings (SSSR count). The molecule has 0 saturated carbocycles. The van der Waals surface area contributed by atoms with Crippen LogP contribution in [0.25, 0.3) is 22.6 Å². The number of carbonyl (C=O) groups excluding carboxylic acids is 1. The molecule has 1 atom stereocenters. The van der Waals surface area contributed by atoms with Crippen LogP contribution < -0.4 is 4.74 Å². The van der Waals surface area contributed by atoms with Gasteiger partial charge in [-0.1, -0.05) is 0 Å². The van der Waals surface area contributed by atoms with Crippen molar-refractivity contribution in [2.75, 3.05) is 32.8 Å². The number of benzene rings is 1. The summed E-state index contributed by atoms with van der Waals surface area (Å²) in [7, 11) is 0. The van der Waals surface area contributed by atoms with E-state index in [1.54, 1.807) is 6.20 Å². The standard InChI is InChI=1S/C29H39N5O2/c1-3-36-25-13-11-23(12-14-25)27-31-26-20-24(29(35)33-18-5-4-10-22(33)2)21-30-28(26)34(27)19-9-8-17-32-15-6-7-16-32/h11-14,20-22H,3-10,15-19H2,1-2H3. The molecule has 1 amide bonds. The van der Waals surface area contributed by atoms with Crippen LogP contribution in [0.15, 0.2) is 36.5 Å². The number of unbranched alkanes of at least 4 members (excludes halogenated alkanes) is 1. The maximum absolute atomic E-state index is 13.3. The van der Waals surface area contributed by atoms with Crippen molar-refractivity contribution in [1.29, 1.82) is 0 Å². The Morgan fingerprint density at radius 2 is 1.78 bits per heavy atom. The summed E-state index contributed by atoms with van der Waals surface area (Å²) in [6, 6.07) is 10.3. The van der Waals surface area contributed by atoms with Gasteiger partial charge in [0.15, 0.2) is 5.65 Å². The Balaban J connectivity index is 1.42. The molecule has 2 saturated heterocycles. The average Bonchev–Trinajstić information content (AvgIpc) is 3.55. The number of piperidine rings is 1. The third-order valence-electron chi connectivity index (χ3n) is 7.62. The van der Waals surface area contributed by atoms with E-state index in [0.29, 0.717) is 12.2 Å². The molecule has 192 valence electrons. The third-order valence-corrected chi connectivity index (χ3v) is 7.62. The van der Waals surface area contributed by atoms with Crippen LogP contribution in [-0.4, -0.2) is 69.1 Å². The number of pyridine rings is 1. The first-order valence-electron chi connectivity index (χ1n) is 13.8. The third kappa shape index (κ3) is 5.41. The molecule has 3 aromatic rings. The van der Waals surface area contributed by atoms with E-state index in [9.17, 15) is 4.79 Å². The molecule has 0 aliphatic carbocycles. The van der Waals surface area contributed by atoms with Gasteiger partial charge in [0.2, 0.25) is 0 Å². The SMILES string of the molecule is CCOc1ccc(-c2nc3cc(C(=O)N4CCCCC4C)cnc3n2CCCCN2CCCC2)cc1. The van der Waals surface area contributed by atoms with E-state index >= 15 is 0 Å². The fraction of sp³-hybridized carbons (Fsp3) is 0.552. The zero-order valence-corrected chi connectivity index (χ0v) is 21.8. The lowest BCUT2D eigenvalue weighted by Gasteiger charge is -2.33. The summed E-state index contributed by atoms with van der Waals surface area (Å²) in [4.78, 5) is 27.6. The van der Waals surface area contributed by atoms with Crippen LogP contribution in [0, 0.1) is 0 Å². The summed E-state index contributed by atoms with van der Waals surface area (Å²) in [6.45, 7) is 10.1. The minimum atomic E-state index is 0.0689. The second kappa shape index (κ2) is 11.4. The van der Waals surface area contributed by atoms with E-state index in [4.69, 9.17) is 14.7 Å². The maximum Gasteiger partial charge on any atom is 0.255 e. The molecule has 1 aromatic carbocycles. The number of hydrogen-bond acceptors (Lipinski definition) is 5. The molecule has 2 aliphatic rings. The molecule has 2 aliphatic heterocycles. The van der Waals surface area contributed by atoms with E-state index in [0.717, 1.165) is 73.6 Å². The van der Waals surface area contributed by atoms with E-state index in [2.05, 4.69) is 28.5 Å². The number of imidazole rings is 1. The number of carbonyl (C=O) groups is 1. The normalized spacial score (nSPS) is 18.7. The number of likely N-dealkylation sites (tertiary alicyclic amines) is 2. The monoisotopic (exact) mass is 489 g/mol. The van der Waals surface area contributed by atoms with Crippen LogP contribution in [0.1, 0.15) is 69.2 Å². The summed E-state index contributed by atoms with van der Waals surface area (Å²) in [5, 5.41) is 0. The van der Waals surface area contributed by atoms with Gasteiger partial charge in [0.05, 0.1) is 12.2 Å². The van der Waals surface area contributed by atoms with Crippen molar-refractivity contribution in [2.45, 2.75) is 71.4 Å². The largest absolute Gasteiger partial charge is 0.494 e. The predicted molar refractivity (Wildman–Crippen MR) is 143 cm³/mol. The fourth-order valence-corrected chi connectivity index (χ4v) is 5.60. The molecule has 4 heterocycles. The Kier molecular flexibility index (Phi) is 7.85. The van der Waals surface area contributed by atoms with Gasteiger partial charge >= 0.3 is 0 Å². The summed E-state index contributed by atoms with van der Waals surface area (Å²) >= 11 is 0. The molecule has 36 heavy (non-hydrogen) atoms. The van der Waals surface area contributed by atoms with Gasteiger partial charge in [-0.25, -0.2) is 9.97 Å². The molecule has 1 unspecified atom stereocenters. The summed E-state index contributed by atoms with van der Waals surface area (Å²) in [6.07, 6.45) is 9.96. The van der Waals surface area contributed by atoms with Crippen LogP contribution in [-0.2, 0) is 6.54 Å². The van der Waals surface area contributed by atoms with E-state index in [1.165, 1.54) is 32.4 Å². The Bertz CT molecular complexity index is 1170. The molecule has 0 radical (unpaired) electrons. The Hall–Kier alpha value is -2.93. The molecule has 7 nitrogen and oxygen atoms in total. The van der Waals surface area contributed by atoms with Crippen LogP contribution in [0.4, 0.5) is 0 Å². The van der Waals surface area contributed by atoms with Crippen LogP contribution in [0.2, 0.25) is 0 Å². The van der Waals surface area contributed by atoms with Gasteiger partial charge in [0.1, 0.15) is 17.1 Å². The second-order valence-electron chi connectivity index (χ2n) is 10.2. The zero-order valence-electron chi connectivity index (χ0n) is 21.8. The van der Waals surface area contributed by atoms with Crippen molar-refractivity contribution in [1.82, 2.24) is 24.3 Å². The number of nitrogens with zero attached hydrogens (tertiary/aromatic N) is 5. The highest BCUT2D eigenvalue weighted by atomic mass is 16.5. The second-order valence-corrected chi connectivity index (χ2v) is 10.2. The summed E-state index contributed by atoms with van der Waals surface area (Å²) in [5.74, 6) is 1.83. The zero-order chi connectivity index (χ0) is 24.9. The topological polar surface area (TPSA) is 63.5 Å². The van der Waals surface area contributed by atoms with Crippen LogP contribution >= 0.6 is 0 Å². The average molecular weight is 490 g/mol. The van der Waals surface area contributed by atoms with Crippen molar-refractivity contribution < 1.29 is 9.53 Å². The van der Waals surface area contributed by atoms with Gasteiger partial charge in [0, 0.05) is 30.9 Å². The molecule has 2 fully saturated rings. The lowest BCUT2D eigenvalue weighted by atomic mass is 10.0. The van der Waals surface area contributed by atoms with Crippen molar-refractivity contribution in [3.8, 4) is 17.1 Å². The smallest absolute Gasteiger partial charge is 0.255 e. The van der Waals surface area contributed by atoms with Crippen molar-refractivity contribution in [3.63, 3.8) is 0 Å². The van der Waals surface area contributed by atoms with E-state index in [-0.39, 0.29) is 11.9 Å². The number of hydrogen-bond donors (Lipinski definition) is 0. The maximum atomic E-state index is 13.3. The van der Waals surface area contributed by atoms with E-state index in [1.807, 2.05) is 30.0 Å². The first-order chi connectivity index (χ1) is 17.6. The molecular formula is C29H39N5O2. The van der Waals surface area contributed by atoms with Crippen molar-refractivity contribution in [2.24, 2.45) is 0 Å². The summed E-state index contributed by atoms with van der Waals surface area (Å²) < 4.78 is 7.86. The minimum Gasteiger partial charge on any atom is -0.494 e. The fourth-order valence-electron chi connectivity index (χ4n) is 5.60. The van der Waals surface area contributed by atoms with Crippen LogP contribution in [0.3, 0.4) is 0 Å². The molecule has 2 aromatic heterocycles. The van der Waals surface area contributed by atoms with Gasteiger partial charge in [-0.05, 0) is 109 Å². The van der Waals surface area contributed by atoms with Gasteiger partial charge in [-0.2, -0.15) is 0 Å². The number of rotatable bonds is 9. The molecule has 7 heteroatoms. The highest BCUT2D eigenvalue weighted by Crippen LogP contribution is 2.28. The predicted octanol–water partition coefficient (Wildman–Crippen LogP) is 5.39. The first-order valence-corrected chi connectivity index (χ1v) is 13.8. The molecule has 0 spiro atoms. The van der Waals surface area contributed by atoms with Gasteiger partial charge < -0.3 is 19.1 Å². The Morgan fingerprint density at radius 1 is 1.03 bits per heavy atom. The number of aromatic nitrogens is 3. The highest BCUT2D eigenvalue weighted by Gasteiger charge is 2.25. The number of aryl methyl sites for hydroxylation is 1. The van der Waals surface area contributed by atoms with Gasteiger partial charge in [-0.15, -0.1) is 0 Å². The van der Waals surface area contributed by atoms with Crippen molar-refractivity contribution >= 4 is 17.1 Å². The molecule has 0 N–H and O–H groups in total. The Morgan fingerprint density at radius 3 is 2.53 bits per heavy atom. The van der Waals surface area contributed by atoms with E-state index < -0.39 is 0 Å².